The maximum atomic E-state index is 4.77. The number of benzene rings is 1. The van der Waals surface area contributed by atoms with Gasteiger partial charge >= 0.3 is 0 Å². The number of hydrogen-bond acceptors (Lipinski definition) is 2. The van der Waals surface area contributed by atoms with Crippen LogP contribution >= 0.6 is 24.0 Å². The lowest BCUT2D eigenvalue weighted by molar-refractivity contribution is 0.461. The van der Waals surface area contributed by atoms with E-state index in [1.54, 1.807) is 0 Å². The summed E-state index contributed by atoms with van der Waals surface area (Å²) in [7, 11) is 4.15. The molecule has 0 aliphatic heterocycles. The zero-order valence-electron chi connectivity index (χ0n) is 16.3. The SMILES string of the molecule is CCNC(=NCCCc1nc2ccccc2[nH]1)N(C)Cc1cccn1C.I. The normalized spacial score (nSPS) is 11.4. The maximum absolute atomic E-state index is 4.77. The molecule has 0 amide bonds. The third-order valence-corrected chi connectivity index (χ3v) is 4.42. The molecule has 7 heteroatoms. The first kappa shape index (κ1) is 21.3. The zero-order chi connectivity index (χ0) is 18.4. The lowest BCUT2D eigenvalue weighted by Gasteiger charge is -2.22. The first-order valence-corrected chi connectivity index (χ1v) is 9.20. The molecule has 0 aliphatic rings. The van der Waals surface area contributed by atoms with Gasteiger partial charge in [-0.2, -0.15) is 0 Å². The summed E-state index contributed by atoms with van der Waals surface area (Å²) in [5.74, 6) is 1.97. The minimum absolute atomic E-state index is 0. The number of para-hydroxylation sites is 2. The molecule has 0 saturated heterocycles. The van der Waals surface area contributed by atoms with Gasteiger partial charge in [0.25, 0.3) is 0 Å². The molecule has 146 valence electrons. The molecule has 2 heterocycles. The van der Waals surface area contributed by atoms with E-state index in [0.29, 0.717) is 0 Å². The van der Waals surface area contributed by atoms with Gasteiger partial charge in [0.2, 0.25) is 0 Å². The molecule has 3 rings (SSSR count). The lowest BCUT2D eigenvalue weighted by atomic mass is 10.3. The number of imidazole rings is 1. The van der Waals surface area contributed by atoms with E-state index in [2.05, 4.69) is 70.2 Å². The van der Waals surface area contributed by atoms with Crippen molar-refractivity contribution in [2.75, 3.05) is 20.1 Å². The zero-order valence-corrected chi connectivity index (χ0v) is 18.6. The van der Waals surface area contributed by atoms with Crippen LogP contribution in [0.25, 0.3) is 11.0 Å². The van der Waals surface area contributed by atoms with Crippen molar-refractivity contribution in [2.45, 2.75) is 26.3 Å². The smallest absolute Gasteiger partial charge is 0.194 e. The summed E-state index contributed by atoms with van der Waals surface area (Å²) in [6, 6.07) is 12.4. The number of aromatic amines is 1. The molecule has 0 saturated carbocycles. The molecule has 0 spiro atoms. The molecule has 27 heavy (non-hydrogen) atoms. The Labute approximate surface area is 178 Å². The van der Waals surface area contributed by atoms with Crippen LogP contribution in [0.5, 0.6) is 0 Å². The molecule has 0 bridgehead atoms. The van der Waals surface area contributed by atoms with Gasteiger partial charge in [-0.15, -0.1) is 24.0 Å². The molecule has 0 atom stereocenters. The topological polar surface area (TPSA) is 61.2 Å². The Morgan fingerprint density at radius 1 is 1.26 bits per heavy atom. The largest absolute Gasteiger partial charge is 0.357 e. The number of halogens is 1. The van der Waals surface area contributed by atoms with Crippen molar-refractivity contribution in [1.82, 2.24) is 24.8 Å². The van der Waals surface area contributed by atoms with Gasteiger partial charge in [-0.1, -0.05) is 12.1 Å². The second-order valence-electron chi connectivity index (χ2n) is 6.51. The first-order valence-electron chi connectivity index (χ1n) is 9.20. The number of nitrogens with zero attached hydrogens (tertiary/aromatic N) is 4. The van der Waals surface area contributed by atoms with E-state index < -0.39 is 0 Å². The molecule has 6 nitrogen and oxygen atoms in total. The van der Waals surface area contributed by atoms with Crippen molar-refractivity contribution in [2.24, 2.45) is 12.0 Å². The van der Waals surface area contributed by atoms with Gasteiger partial charge in [0, 0.05) is 45.5 Å². The number of aromatic nitrogens is 3. The summed E-state index contributed by atoms with van der Waals surface area (Å²) >= 11 is 0. The number of rotatable bonds is 7. The van der Waals surface area contributed by atoms with E-state index in [1.165, 1.54) is 5.69 Å². The van der Waals surface area contributed by atoms with E-state index in [0.717, 1.165) is 55.3 Å². The Morgan fingerprint density at radius 2 is 2.07 bits per heavy atom. The van der Waals surface area contributed by atoms with E-state index in [9.17, 15) is 0 Å². The van der Waals surface area contributed by atoms with Crippen LogP contribution in [0.15, 0.2) is 47.6 Å². The first-order chi connectivity index (χ1) is 12.7. The number of fused-ring (bicyclic) bond motifs is 1. The van der Waals surface area contributed by atoms with Crippen LogP contribution in [0.1, 0.15) is 24.9 Å². The summed E-state index contributed by atoms with van der Waals surface area (Å²) in [6.07, 6.45) is 3.94. The fraction of sp³-hybridized carbons (Fsp3) is 0.400. The van der Waals surface area contributed by atoms with Crippen molar-refractivity contribution in [3.05, 3.63) is 54.1 Å². The average Bonchev–Trinajstić information content (AvgIpc) is 3.23. The molecular weight excluding hydrogens is 451 g/mol. The third kappa shape index (κ3) is 5.72. The second-order valence-corrected chi connectivity index (χ2v) is 6.51. The molecular formula is C20H29IN6. The summed E-state index contributed by atoms with van der Waals surface area (Å²) in [4.78, 5) is 14.9. The highest BCUT2D eigenvalue weighted by atomic mass is 127. The number of guanidine groups is 1. The summed E-state index contributed by atoms with van der Waals surface area (Å²) in [5, 5.41) is 3.38. The Morgan fingerprint density at radius 3 is 2.78 bits per heavy atom. The Hall–Kier alpha value is -2.03. The van der Waals surface area contributed by atoms with Gasteiger partial charge in [0.15, 0.2) is 5.96 Å². The van der Waals surface area contributed by atoms with Gasteiger partial charge in [0.05, 0.1) is 17.6 Å². The fourth-order valence-electron chi connectivity index (χ4n) is 3.00. The highest BCUT2D eigenvalue weighted by Crippen LogP contribution is 2.11. The Kier molecular flexibility index (Phi) is 8.15. The predicted octanol–water partition coefficient (Wildman–Crippen LogP) is 3.55. The minimum Gasteiger partial charge on any atom is -0.357 e. The van der Waals surface area contributed by atoms with Gasteiger partial charge in [-0.3, -0.25) is 4.99 Å². The number of nitrogens with one attached hydrogen (secondary N) is 2. The van der Waals surface area contributed by atoms with Crippen molar-refractivity contribution in [1.29, 1.82) is 0 Å². The number of aryl methyl sites for hydroxylation is 2. The number of H-pyrrole nitrogens is 1. The van der Waals surface area contributed by atoms with Gasteiger partial charge < -0.3 is 19.8 Å². The third-order valence-electron chi connectivity index (χ3n) is 4.42. The number of hydrogen-bond donors (Lipinski definition) is 2. The highest BCUT2D eigenvalue weighted by Gasteiger charge is 2.08. The van der Waals surface area contributed by atoms with Gasteiger partial charge in [-0.25, -0.2) is 4.98 Å². The van der Waals surface area contributed by atoms with Crippen molar-refractivity contribution < 1.29 is 0 Å². The maximum Gasteiger partial charge on any atom is 0.194 e. The molecule has 3 aromatic rings. The summed E-state index contributed by atoms with van der Waals surface area (Å²) in [5.41, 5.74) is 3.39. The van der Waals surface area contributed by atoms with Crippen molar-refractivity contribution in [3.63, 3.8) is 0 Å². The molecule has 2 N–H and O–H groups in total. The minimum atomic E-state index is 0. The van der Waals surface area contributed by atoms with Crippen LogP contribution in [-0.4, -0.2) is 45.5 Å². The standard InChI is InChI=1S/C20H28N6.HI/c1-4-21-20(26(3)15-16-9-8-14-25(16)2)22-13-7-12-19-23-17-10-5-6-11-18(17)24-19;/h5-6,8-11,14H,4,7,12-13,15H2,1-3H3,(H,21,22)(H,23,24);1H. The van der Waals surface area contributed by atoms with Crippen LogP contribution in [0, 0.1) is 0 Å². The quantitative estimate of drug-likeness (QED) is 0.235. The van der Waals surface area contributed by atoms with Crippen LogP contribution in [-0.2, 0) is 20.0 Å². The van der Waals surface area contributed by atoms with Crippen LogP contribution in [0.2, 0.25) is 0 Å². The van der Waals surface area contributed by atoms with Gasteiger partial charge in [0.1, 0.15) is 5.82 Å². The predicted molar refractivity (Wildman–Crippen MR) is 123 cm³/mol. The van der Waals surface area contributed by atoms with Gasteiger partial charge in [-0.05, 0) is 37.6 Å². The Balaban J connectivity index is 0.00000261. The van der Waals surface area contributed by atoms with Crippen LogP contribution < -0.4 is 5.32 Å². The van der Waals surface area contributed by atoms with Crippen molar-refractivity contribution in [3.8, 4) is 0 Å². The summed E-state index contributed by atoms with van der Waals surface area (Å²) in [6.45, 7) is 4.57. The molecule has 1 aromatic carbocycles. The monoisotopic (exact) mass is 480 g/mol. The second kappa shape index (κ2) is 10.3. The molecule has 2 aromatic heterocycles. The summed E-state index contributed by atoms with van der Waals surface area (Å²) < 4.78 is 2.14. The van der Waals surface area contributed by atoms with Crippen LogP contribution in [0.4, 0.5) is 0 Å². The average molecular weight is 480 g/mol. The molecule has 0 unspecified atom stereocenters. The molecule has 0 radical (unpaired) electrons. The molecule has 0 fully saturated rings. The van der Waals surface area contributed by atoms with E-state index in [4.69, 9.17) is 4.99 Å². The van der Waals surface area contributed by atoms with E-state index in [1.807, 2.05) is 18.2 Å². The fourth-order valence-corrected chi connectivity index (χ4v) is 3.00. The van der Waals surface area contributed by atoms with Crippen molar-refractivity contribution >= 4 is 41.0 Å². The highest BCUT2D eigenvalue weighted by molar-refractivity contribution is 14.0. The lowest BCUT2D eigenvalue weighted by Crippen LogP contribution is -2.38. The Bertz CT molecular complexity index is 833. The number of aliphatic imine (C=N–C) groups is 1. The van der Waals surface area contributed by atoms with Crippen LogP contribution in [0.3, 0.4) is 0 Å². The molecule has 0 aliphatic carbocycles. The van der Waals surface area contributed by atoms with E-state index in [-0.39, 0.29) is 24.0 Å². The van der Waals surface area contributed by atoms with E-state index >= 15 is 0 Å².